The molecular formula is C20H28N4OS. The van der Waals surface area contributed by atoms with Crippen molar-refractivity contribution in [3.63, 3.8) is 0 Å². The molecule has 140 valence electrons. The highest BCUT2D eigenvalue weighted by Gasteiger charge is 2.10. The maximum atomic E-state index is 5.46. The van der Waals surface area contributed by atoms with E-state index in [2.05, 4.69) is 20.5 Å². The molecule has 0 unspecified atom stereocenters. The van der Waals surface area contributed by atoms with Gasteiger partial charge < -0.3 is 20.3 Å². The molecule has 0 amide bonds. The van der Waals surface area contributed by atoms with Crippen molar-refractivity contribution in [2.75, 3.05) is 38.6 Å². The highest BCUT2D eigenvalue weighted by Crippen LogP contribution is 2.29. The van der Waals surface area contributed by atoms with Gasteiger partial charge in [0, 0.05) is 23.8 Å². The van der Waals surface area contributed by atoms with E-state index in [4.69, 9.17) is 17.0 Å². The molecule has 5 nitrogen and oxygen atoms in total. The number of anilines is 1. The van der Waals surface area contributed by atoms with Crippen molar-refractivity contribution in [3.05, 3.63) is 30.5 Å². The normalized spacial score (nSPS) is 15.4. The van der Waals surface area contributed by atoms with Crippen molar-refractivity contribution >= 4 is 33.9 Å². The summed E-state index contributed by atoms with van der Waals surface area (Å²) in [6.45, 7) is 4.51. The summed E-state index contributed by atoms with van der Waals surface area (Å²) < 4.78 is 5.39. The molecule has 2 N–H and O–H groups in total. The molecule has 0 radical (unpaired) electrons. The number of hydrogen-bond donors (Lipinski definition) is 2. The standard InChI is InChI=1S/C20H28N4OS/c1-25-18-10-9-17(16-8-6-11-21-19(16)18)23-20(26)22-12-7-15-24-13-4-2-3-5-14-24/h6,8-11H,2-5,7,12-15H2,1H3,(H2,22,23,26). The van der Waals surface area contributed by atoms with Gasteiger partial charge in [0.15, 0.2) is 5.11 Å². The second kappa shape index (κ2) is 9.69. The van der Waals surface area contributed by atoms with Crippen molar-refractivity contribution < 1.29 is 4.74 Å². The number of aromatic nitrogens is 1. The van der Waals surface area contributed by atoms with Crippen LogP contribution in [0.25, 0.3) is 10.9 Å². The average Bonchev–Trinajstić information content (AvgIpc) is 2.94. The number of nitrogens with zero attached hydrogens (tertiary/aromatic N) is 2. The van der Waals surface area contributed by atoms with Gasteiger partial charge in [-0.05, 0) is 75.4 Å². The lowest BCUT2D eigenvalue weighted by atomic mass is 10.1. The van der Waals surface area contributed by atoms with Crippen LogP contribution in [0, 0.1) is 0 Å². The van der Waals surface area contributed by atoms with Gasteiger partial charge in [-0.25, -0.2) is 0 Å². The number of fused-ring (bicyclic) bond motifs is 1. The summed E-state index contributed by atoms with van der Waals surface area (Å²) in [5.41, 5.74) is 1.78. The van der Waals surface area contributed by atoms with E-state index in [1.807, 2.05) is 24.3 Å². The maximum absolute atomic E-state index is 5.46. The van der Waals surface area contributed by atoms with Crippen molar-refractivity contribution in [1.29, 1.82) is 0 Å². The Bertz CT molecular complexity index is 729. The first-order chi connectivity index (χ1) is 12.8. The van der Waals surface area contributed by atoms with Gasteiger partial charge in [0.2, 0.25) is 0 Å². The highest BCUT2D eigenvalue weighted by atomic mass is 32.1. The Hall–Kier alpha value is -1.92. The Labute approximate surface area is 161 Å². The number of nitrogens with one attached hydrogen (secondary N) is 2. The van der Waals surface area contributed by atoms with Crippen LogP contribution in [0.5, 0.6) is 5.75 Å². The third-order valence-electron chi connectivity index (χ3n) is 4.84. The summed E-state index contributed by atoms with van der Waals surface area (Å²) in [4.78, 5) is 7.00. The number of thiocarbonyl (C=S) groups is 1. The molecule has 0 saturated carbocycles. The predicted octanol–water partition coefficient (Wildman–Crippen LogP) is 3.80. The van der Waals surface area contributed by atoms with Crippen LogP contribution in [0.1, 0.15) is 32.1 Å². The Morgan fingerprint density at radius 2 is 2.00 bits per heavy atom. The number of benzene rings is 1. The molecule has 0 bridgehead atoms. The number of likely N-dealkylation sites (tertiary alicyclic amines) is 1. The van der Waals surface area contributed by atoms with Gasteiger partial charge in [-0.2, -0.15) is 0 Å². The summed E-state index contributed by atoms with van der Waals surface area (Å²) in [5, 5.41) is 8.27. The van der Waals surface area contributed by atoms with E-state index in [-0.39, 0.29) is 0 Å². The van der Waals surface area contributed by atoms with E-state index in [0.29, 0.717) is 5.11 Å². The second-order valence-electron chi connectivity index (χ2n) is 6.71. The van der Waals surface area contributed by atoms with Crippen LogP contribution in [-0.2, 0) is 0 Å². The molecule has 2 aromatic rings. The van der Waals surface area contributed by atoms with Crippen LogP contribution in [0.3, 0.4) is 0 Å². The number of ether oxygens (including phenoxy) is 1. The van der Waals surface area contributed by atoms with Crippen molar-refractivity contribution in [3.8, 4) is 5.75 Å². The van der Waals surface area contributed by atoms with Gasteiger partial charge in [-0.3, -0.25) is 4.98 Å². The molecule has 0 aliphatic carbocycles. The fraction of sp³-hybridized carbons (Fsp3) is 0.500. The number of methoxy groups -OCH3 is 1. The van der Waals surface area contributed by atoms with Crippen LogP contribution >= 0.6 is 12.2 Å². The van der Waals surface area contributed by atoms with Crippen LogP contribution < -0.4 is 15.4 Å². The fourth-order valence-corrected chi connectivity index (χ4v) is 3.66. The molecule has 6 heteroatoms. The van der Waals surface area contributed by atoms with Gasteiger partial charge >= 0.3 is 0 Å². The van der Waals surface area contributed by atoms with E-state index in [1.165, 1.54) is 38.8 Å². The number of pyridine rings is 1. The van der Waals surface area contributed by atoms with Crippen molar-refractivity contribution in [2.45, 2.75) is 32.1 Å². The SMILES string of the molecule is COc1ccc(NC(=S)NCCCN2CCCCCC2)c2cccnc12. The first-order valence-corrected chi connectivity index (χ1v) is 9.87. The predicted molar refractivity (Wildman–Crippen MR) is 112 cm³/mol. The molecular weight excluding hydrogens is 344 g/mol. The van der Waals surface area contributed by atoms with E-state index in [9.17, 15) is 0 Å². The molecule has 1 aromatic heterocycles. The van der Waals surface area contributed by atoms with E-state index < -0.39 is 0 Å². The van der Waals surface area contributed by atoms with Gasteiger partial charge in [0.25, 0.3) is 0 Å². The van der Waals surface area contributed by atoms with Gasteiger partial charge in [0.1, 0.15) is 11.3 Å². The van der Waals surface area contributed by atoms with E-state index >= 15 is 0 Å². The summed E-state index contributed by atoms with van der Waals surface area (Å²) in [6.07, 6.45) is 8.32. The topological polar surface area (TPSA) is 49.4 Å². The van der Waals surface area contributed by atoms with E-state index in [1.54, 1.807) is 13.3 Å². The molecule has 1 aliphatic rings. The molecule has 1 fully saturated rings. The first-order valence-electron chi connectivity index (χ1n) is 9.47. The lowest BCUT2D eigenvalue weighted by Gasteiger charge is -2.20. The van der Waals surface area contributed by atoms with Crippen molar-refractivity contribution in [2.24, 2.45) is 0 Å². The zero-order valence-corrected chi connectivity index (χ0v) is 16.3. The summed E-state index contributed by atoms with van der Waals surface area (Å²) in [6, 6.07) is 7.84. The molecule has 1 aromatic carbocycles. The van der Waals surface area contributed by atoms with Crippen LogP contribution in [0.15, 0.2) is 30.5 Å². The monoisotopic (exact) mass is 372 g/mol. The maximum Gasteiger partial charge on any atom is 0.170 e. The fourth-order valence-electron chi connectivity index (χ4n) is 3.45. The summed E-state index contributed by atoms with van der Waals surface area (Å²) in [5.74, 6) is 0.766. The van der Waals surface area contributed by atoms with Gasteiger partial charge in [-0.15, -0.1) is 0 Å². The van der Waals surface area contributed by atoms with E-state index in [0.717, 1.165) is 41.9 Å². The lowest BCUT2D eigenvalue weighted by Crippen LogP contribution is -2.32. The quantitative estimate of drug-likeness (QED) is 0.594. The lowest BCUT2D eigenvalue weighted by molar-refractivity contribution is 0.282. The van der Waals surface area contributed by atoms with Gasteiger partial charge in [-0.1, -0.05) is 12.8 Å². The summed E-state index contributed by atoms with van der Waals surface area (Å²) >= 11 is 5.46. The minimum Gasteiger partial charge on any atom is -0.494 e. The Balaban J connectivity index is 1.50. The zero-order chi connectivity index (χ0) is 18.2. The number of hydrogen-bond acceptors (Lipinski definition) is 4. The van der Waals surface area contributed by atoms with Gasteiger partial charge in [0.05, 0.1) is 7.11 Å². The molecule has 3 rings (SSSR count). The van der Waals surface area contributed by atoms with Crippen molar-refractivity contribution in [1.82, 2.24) is 15.2 Å². The van der Waals surface area contributed by atoms with Crippen LogP contribution in [-0.4, -0.2) is 48.3 Å². The number of rotatable bonds is 6. The molecule has 2 heterocycles. The highest BCUT2D eigenvalue weighted by molar-refractivity contribution is 7.80. The largest absolute Gasteiger partial charge is 0.494 e. The third-order valence-corrected chi connectivity index (χ3v) is 5.08. The summed E-state index contributed by atoms with van der Waals surface area (Å²) in [7, 11) is 1.66. The molecule has 1 aliphatic heterocycles. The van der Waals surface area contributed by atoms with Crippen LogP contribution in [0.2, 0.25) is 0 Å². The molecule has 0 spiro atoms. The minimum atomic E-state index is 0.649. The Morgan fingerprint density at radius 3 is 2.77 bits per heavy atom. The Kier molecular flexibility index (Phi) is 7.03. The average molecular weight is 373 g/mol. The third kappa shape index (κ3) is 5.05. The first kappa shape index (κ1) is 18.9. The smallest absolute Gasteiger partial charge is 0.170 e. The Morgan fingerprint density at radius 1 is 1.19 bits per heavy atom. The van der Waals surface area contributed by atoms with Crippen LogP contribution in [0.4, 0.5) is 5.69 Å². The second-order valence-corrected chi connectivity index (χ2v) is 7.11. The molecule has 26 heavy (non-hydrogen) atoms. The molecule has 1 saturated heterocycles. The minimum absolute atomic E-state index is 0.649. The zero-order valence-electron chi connectivity index (χ0n) is 15.5. The molecule has 0 atom stereocenters.